The lowest BCUT2D eigenvalue weighted by Gasteiger charge is -2.32. The molecule has 1 N–H and O–H groups in total. The van der Waals surface area contributed by atoms with Crippen molar-refractivity contribution in [3.8, 4) is 12.1 Å². The van der Waals surface area contributed by atoms with E-state index in [0.29, 0.717) is 17.7 Å². The molecule has 0 amide bonds. The van der Waals surface area contributed by atoms with Crippen molar-refractivity contribution in [1.29, 1.82) is 10.5 Å². The molecule has 1 aromatic carbocycles. The largest absolute Gasteiger partial charge is 0.382 e. The normalized spacial score (nSPS) is 19.1. The van der Waals surface area contributed by atoms with E-state index in [2.05, 4.69) is 17.1 Å². The van der Waals surface area contributed by atoms with Gasteiger partial charge in [-0.1, -0.05) is 6.92 Å². The maximum atomic E-state index is 9.00. The summed E-state index contributed by atoms with van der Waals surface area (Å²) in [6.45, 7) is 6.56. The lowest BCUT2D eigenvalue weighted by molar-refractivity contribution is -0.0191. The Kier molecular flexibility index (Phi) is 4.95. The molecule has 104 valence electrons. The van der Waals surface area contributed by atoms with Gasteiger partial charge in [-0.2, -0.15) is 10.5 Å². The Bertz CT molecular complexity index is 544. The second-order valence-electron chi connectivity index (χ2n) is 4.75. The van der Waals surface area contributed by atoms with E-state index in [0.717, 1.165) is 31.9 Å². The van der Waals surface area contributed by atoms with Crippen LogP contribution >= 0.6 is 0 Å². The van der Waals surface area contributed by atoms with Crippen molar-refractivity contribution in [1.82, 2.24) is 4.90 Å². The molecule has 1 aliphatic heterocycles. The topological polar surface area (TPSA) is 72.1 Å². The van der Waals surface area contributed by atoms with Crippen LogP contribution in [0.1, 0.15) is 18.1 Å². The molecule has 5 nitrogen and oxygen atoms in total. The lowest BCUT2D eigenvalue weighted by atomic mass is 10.1. The minimum absolute atomic E-state index is 0.157. The molecule has 0 aromatic heterocycles. The van der Waals surface area contributed by atoms with Crippen LogP contribution in [0, 0.1) is 22.7 Å². The summed E-state index contributed by atoms with van der Waals surface area (Å²) in [4.78, 5) is 2.36. The van der Waals surface area contributed by atoms with E-state index in [-0.39, 0.29) is 6.10 Å². The number of hydrogen-bond donors (Lipinski definition) is 1. The van der Waals surface area contributed by atoms with Gasteiger partial charge in [-0.15, -0.1) is 0 Å². The maximum absolute atomic E-state index is 9.00. The van der Waals surface area contributed by atoms with Crippen molar-refractivity contribution in [2.45, 2.75) is 13.0 Å². The first-order valence-electron chi connectivity index (χ1n) is 6.79. The number of benzene rings is 1. The van der Waals surface area contributed by atoms with E-state index < -0.39 is 0 Å². The van der Waals surface area contributed by atoms with Crippen LogP contribution in [0.3, 0.4) is 0 Å². The molecule has 0 radical (unpaired) electrons. The van der Waals surface area contributed by atoms with Gasteiger partial charge in [0.25, 0.3) is 0 Å². The average Bonchev–Trinajstić information content (AvgIpc) is 2.52. The van der Waals surface area contributed by atoms with Crippen LogP contribution in [0.5, 0.6) is 0 Å². The fraction of sp³-hybridized carbons (Fsp3) is 0.467. The van der Waals surface area contributed by atoms with Crippen LogP contribution in [0.2, 0.25) is 0 Å². The SMILES string of the molecule is CCN1CCOC(CNc2ccc(C#N)c(C#N)c2)C1. The molecular weight excluding hydrogens is 252 g/mol. The molecular formula is C15H18N4O. The quantitative estimate of drug-likeness (QED) is 0.899. The number of nitriles is 2. The number of hydrogen-bond acceptors (Lipinski definition) is 5. The molecule has 1 atom stereocenters. The standard InChI is InChI=1S/C15H18N4O/c1-2-19-5-6-20-15(11-19)10-18-14-4-3-12(8-16)13(7-14)9-17/h3-4,7,15,18H,2,5-6,10-11H2,1H3. The van der Waals surface area contributed by atoms with Gasteiger partial charge in [0.1, 0.15) is 12.1 Å². The third-order valence-electron chi connectivity index (χ3n) is 3.46. The molecule has 1 heterocycles. The third kappa shape index (κ3) is 3.48. The summed E-state index contributed by atoms with van der Waals surface area (Å²) in [6, 6.07) is 9.24. The van der Waals surface area contributed by atoms with E-state index in [1.165, 1.54) is 0 Å². The van der Waals surface area contributed by atoms with E-state index >= 15 is 0 Å². The summed E-state index contributed by atoms with van der Waals surface area (Å²) in [5.41, 5.74) is 1.65. The molecule has 0 aliphatic carbocycles. The zero-order valence-electron chi connectivity index (χ0n) is 11.6. The summed E-state index contributed by atoms with van der Waals surface area (Å²) < 4.78 is 5.71. The number of anilines is 1. The van der Waals surface area contributed by atoms with E-state index in [4.69, 9.17) is 15.3 Å². The van der Waals surface area contributed by atoms with Crippen molar-refractivity contribution in [3.05, 3.63) is 29.3 Å². The smallest absolute Gasteiger partial charge is 0.101 e. The predicted octanol–water partition coefficient (Wildman–Crippen LogP) is 1.56. The van der Waals surface area contributed by atoms with Gasteiger partial charge in [0, 0.05) is 25.3 Å². The Labute approximate surface area is 119 Å². The minimum atomic E-state index is 0.157. The molecule has 20 heavy (non-hydrogen) atoms. The summed E-state index contributed by atoms with van der Waals surface area (Å²) in [7, 11) is 0. The summed E-state index contributed by atoms with van der Waals surface area (Å²) in [6.07, 6.45) is 0.157. The first kappa shape index (κ1) is 14.3. The number of likely N-dealkylation sites (N-methyl/N-ethyl adjacent to an activating group) is 1. The third-order valence-corrected chi connectivity index (χ3v) is 3.46. The predicted molar refractivity (Wildman–Crippen MR) is 76.2 cm³/mol. The van der Waals surface area contributed by atoms with Crippen molar-refractivity contribution >= 4 is 5.69 Å². The van der Waals surface area contributed by atoms with Crippen molar-refractivity contribution < 1.29 is 4.74 Å². The van der Waals surface area contributed by atoms with Gasteiger partial charge in [-0.3, -0.25) is 4.90 Å². The van der Waals surface area contributed by atoms with Gasteiger partial charge in [0.05, 0.1) is 23.8 Å². The monoisotopic (exact) mass is 270 g/mol. The Morgan fingerprint density at radius 1 is 1.35 bits per heavy atom. The number of nitrogens with zero attached hydrogens (tertiary/aromatic N) is 3. The van der Waals surface area contributed by atoms with Gasteiger partial charge in [-0.25, -0.2) is 0 Å². The van der Waals surface area contributed by atoms with Gasteiger partial charge < -0.3 is 10.1 Å². The van der Waals surface area contributed by atoms with Crippen LogP contribution in [0.15, 0.2) is 18.2 Å². The van der Waals surface area contributed by atoms with Gasteiger partial charge >= 0.3 is 0 Å². The van der Waals surface area contributed by atoms with Gasteiger partial charge in [-0.05, 0) is 24.7 Å². The summed E-state index contributed by atoms with van der Waals surface area (Å²) >= 11 is 0. The number of morpholine rings is 1. The highest BCUT2D eigenvalue weighted by Crippen LogP contribution is 2.15. The first-order valence-corrected chi connectivity index (χ1v) is 6.79. The van der Waals surface area contributed by atoms with Crippen LogP contribution in [-0.4, -0.2) is 43.8 Å². The fourth-order valence-corrected chi connectivity index (χ4v) is 2.27. The van der Waals surface area contributed by atoms with Gasteiger partial charge in [0.2, 0.25) is 0 Å². The highest BCUT2D eigenvalue weighted by atomic mass is 16.5. The highest BCUT2D eigenvalue weighted by molar-refractivity contribution is 5.56. The van der Waals surface area contributed by atoms with E-state index in [1.807, 2.05) is 18.2 Å². The summed E-state index contributed by atoms with van der Waals surface area (Å²) in [5.74, 6) is 0. The van der Waals surface area contributed by atoms with E-state index in [9.17, 15) is 0 Å². The molecule has 1 saturated heterocycles. The van der Waals surface area contributed by atoms with Crippen LogP contribution < -0.4 is 5.32 Å². The Morgan fingerprint density at radius 2 is 2.15 bits per heavy atom. The molecule has 2 rings (SSSR count). The summed E-state index contributed by atoms with van der Waals surface area (Å²) in [5, 5.41) is 21.2. The molecule has 5 heteroatoms. The molecule has 0 bridgehead atoms. The molecule has 0 spiro atoms. The Morgan fingerprint density at radius 3 is 2.85 bits per heavy atom. The number of rotatable bonds is 4. The lowest BCUT2D eigenvalue weighted by Crippen LogP contribution is -2.45. The fourth-order valence-electron chi connectivity index (χ4n) is 2.27. The minimum Gasteiger partial charge on any atom is -0.382 e. The molecule has 1 unspecified atom stereocenters. The molecule has 0 saturated carbocycles. The zero-order chi connectivity index (χ0) is 14.4. The van der Waals surface area contributed by atoms with Crippen molar-refractivity contribution in [2.24, 2.45) is 0 Å². The van der Waals surface area contributed by atoms with Crippen LogP contribution in [0.25, 0.3) is 0 Å². The Hall–Kier alpha value is -2.08. The number of nitrogens with one attached hydrogen (secondary N) is 1. The van der Waals surface area contributed by atoms with Gasteiger partial charge in [0.15, 0.2) is 0 Å². The first-order chi connectivity index (χ1) is 9.76. The number of ether oxygens (including phenoxy) is 1. The zero-order valence-corrected chi connectivity index (χ0v) is 11.6. The second kappa shape index (κ2) is 6.91. The van der Waals surface area contributed by atoms with Crippen LogP contribution in [-0.2, 0) is 4.74 Å². The second-order valence-corrected chi connectivity index (χ2v) is 4.75. The highest BCUT2D eigenvalue weighted by Gasteiger charge is 2.18. The maximum Gasteiger partial charge on any atom is 0.101 e. The Balaban J connectivity index is 1.94. The van der Waals surface area contributed by atoms with Crippen molar-refractivity contribution in [2.75, 3.05) is 38.1 Å². The molecule has 1 fully saturated rings. The average molecular weight is 270 g/mol. The van der Waals surface area contributed by atoms with Crippen LogP contribution in [0.4, 0.5) is 5.69 Å². The molecule has 1 aliphatic rings. The van der Waals surface area contributed by atoms with E-state index in [1.54, 1.807) is 12.1 Å². The molecule has 1 aromatic rings. The van der Waals surface area contributed by atoms with Crippen molar-refractivity contribution in [3.63, 3.8) is 0 Å².